The minimum atomic E-state index is -0.829. The quantitative estimate of drug-likeness (QED) is 0.130. The van der Waals surface area contributed by atoms with Gasteiger partial charge in [0.25, 0.3) is 5.97 Å². The van der Waals surface area contributed by atoms with Gasteiger partial charge in [0.15, 0.2) is 0 Å². The first-order valence-electron chi connectivity index (χ1n) is 13.2. The van der Waals surface area contributed by atoms with Crippen LogP contribution < -0.4 is 0 Å². The molecule has 0 aromatic carbocycles. The van der Waals surface area contributed by atoms with Crippen molar-refractivity contribution in [1.29, 1.82) is 0 Å². The summed E-state index contributed by atoms with van der Waals surface area (Å²) in [6.45, 7) is 8.73. The molecule has 0 spiro atoms. The Labute approximate surface area is 195 Å². The average molecular weight is 445 g/mol. The van der Waals surface area contributed by atoms with Crippen LogP contribution >= 0.6 is 0 Å². The maximum Gasteiger partial charge on any atom is 0.282 e. The van der Waals surface area contributed by atoms with Crippen LogP contribution in [-0.2, 0) is 14.2 Å². The Bertz CT molecular complexity index is 343. The molecule has 0 aliphatic rings. The summed E-state index contributed by atoms with van der Waals surface area (Å²) < 4.78 is 18.7. The summed E-state index contributed by atoms with van der Waals surface area (Å²) in [6.07, 6.45) is 16.7. The molecule has 0 rings (SSSR count). The minimum absolute atomic E-state index is 0.543. The van der Waals surface area contributed by atoms with Crippen molar-refractivity contribution in [3.8, 4) is 0 Å². The molecule has 0 aliphatic heterocycles. The van der Waals surface area contributed by atoms with Gasteiger partial charge in [0.2, 0.25) is 0 Å². The van der Waals surface area contributed by atoms with Gasteiger partial charge in [-0.25, -0.2) is 0 Å². The normalized spacial score (nSPS) is 12.6. The van der Waals surface area contributed by atoms with E-state index in [1.54, 1.807) is 0 Å². The number of nitrogens with zero attached hydrogens (tertiary/aromatic N) is 2. The zero-order chi connectivity index (χ0) is 23.4. The summed E-state index contributed by atoms with van der Waals surface area (Å²) in [5.74, 6) is -0.829. The molecule has 0 heterocycles. The first kappa shape index (κ1) is 30.8. The summed E-state index contributed by atoms with van der Waals surface area (Å²) in [6, 6.07) is 0. The smallest absolute Gasteiger partial charge is 0.282 e. The van der Waals surface area contributed by atoms with E-state index in [1.807, 2.05) is 0 Å². The first-order chi connectivity index (χ1) is 14.9. The van der Waals surface area contributed by atoms with Crippen molar-refractivity contribution in [3.63, 3.8) is 0 Å². The Kier molecular flexibility index (Phi) is 20.3. The summed E-state index contributed by atoms with van der Waals surface area (Å²) in [7, 11) is 8.69. The van der Waals surface area contributed by atoms with E-state index in [0.29, 0.717) is 26.0 Å². The molecule has 0 atom stereocenters. The summed E-state index contributed by atoms with van der Waals surface area (Å²) in [5.41, 5.74) is 0. The maximum atomic E-state index is 6.23. The Hall–Kier alpha value is -0.200. The highest BCUT2D eigenvalue weighted by Gasteiger charge is 2.32. The molecular weight excluding hydrogens is 388 g/mol. The molecule has 0 radical (unpaired) electrons. The molecule has 0 unspecified atom stereocenters. The highest BCUT2D eigenvalue weighted by atomic mass is 16.9. The Balaban J connectivity index is 4.38. The van der Waals surface area contributed by atoms with E-state index < -0.39 is 5.97 Å². The molecule has 0 saturated heterocycles. The molecule has 0 amide bonds. The molecule has 0 saturated carbocycles. The van der Waals surface area contributed by atoms with E-state index in [4.69, 9.17) is 14.2 Å². The van der Waals surface area contributed by atoms with Crippen molar-refractivity contribution < 1.29 is 14.2 Å². The molecule has 0 N–H and O–H groups in total. The van der Waals surface area contributed by atoms with E-state index in [1.165, 1.54) is 38.5 Å². The number of ether oxygens (including phenoxy) is 3. The van der Waals surface area contributed by atoms with Crippen LogP contribution in [0, 0.1) is 0 Å². The van der Waals surface area contributed by atoms with Crippen LogP contribution in [0.4, 0.5) is 0 Å². The third-order valence-electron chi connectivity index (χ3n) is 5.85. The fourth-order valence-electron chi connectivity index (χ4n) is 3.81. The summed E-state index contributed by atoms with van der Waals surface area (Å²) in [4.78, 5) is 4.63. The Morgan fingerprint density at radius 1 is 0.548 bits per heavy atom. The van der Waals surface area contributed by atoms with Gasteiger partial charge >= 0.3 is 0 Å². The van der Waals surface area contributed by atoms with Crippen molar-refractivity contribution in [2.45, 2.75) is 123 Å². The lowest BCUT2D eigenvalue weighted by molar-refractivity contribution is -0.384. The van der Waals surface area contributed by atoms with Crippen LogP contribution in [0.2, 0.25) is 0 Å². The van der Waals surface area contributed by atoms with Crippen LogP contribution in [0.15, 0.2) is 0 Å². The number of unbranched alkanes of at least 4 members (excludes halogenated alkanes) is 8. The highest BCUT2D eigenvalue weighted by Crippen LogP contribution is 2.26. The second-order valence-corrected chi connectivity index (χ2v) is 9.36. The van der Waals surface area contributed by atoms with E-state index in [0.717, 1.165) is 51.4 Å². The summed E-state index contributed by atoms with van der Waals surface area (Å²) in [5, 5.41) is 0. The number of rotatable bonds is 23. The standard InChI is InChI=1S/C26H56N2O3/c1-8-11-22-29-26(30-23-12-9-2,31-24-13-10-3)21-19-17-15-14-16-18-20-25(27(4)5)28(6)7/h25H,8-24H2,1-7H3. The maximum absolute atomic E-state index is 6.23. The zero-order valence-corrected chi connectivity index (χ0v) is 22.2. The van der Waals surface area contributed by atoms with Crippen LogP contribution in [-0.4, -0.2) is 70.0 Å². The molecule has 0 aromatic rings. The van der Waals surface area contributed by atoms with E-state index in [-0.39, 0.29) is 0 Å². The topological polar surface area (TPSA) is 34.2 Å². The number of hydrogen-bond donors (Lipinski definition) is 0. The lowest BCUT2D eigenvalue weighted by atomic mass is 10.1. The van der Waals surface area contributed by atoms with Crippen molar-refractivity contribution in [3.05, 3.63) is 0 Å². The predicted molar refractivity (Wildman–Crippen MR) is 133 cm³/mol. The van der Waals surface area contributed by atoms with Crippen LogP contribution in [0.25, 0.3) is 0 Å². The number of hydrogen-bond acceptors (Lipinski definition) is 5. The lowest BCUT2D eigenvalue weighted by Gasteiger charge is -2.33. The fraction of sp³-hybridized carbons (Fsp3) is 1.00. The van der Waals surface area contributed by atoms with Gasteiger partial charge in [-0.1, -0.05) is 72.1 Å². The van der Waals surface area contributed by atoms with Crippen molar-refractivity contribution in [2.24, 2.45) is 0 Å². The molecule has 0 fully saturated rings. The van der Waals surface area contributed by atoms with E-state index in [2.05, 4.69) is 58.8 Å². The minimum Gasteiger partial charge on any atom is -0.327 e. The van der Waals surface area contributed by atoms with Crippen molar-refractivity contribution >= 4 is 0 Å². The zero-order valence-electron chi connectivity index (χ0n) is 22.2. The third kappa shape index (κ3) is 16.1. The third-order valence-corrected chi connectivity index (χ3v) is 5.85. The summed E-state index contributed by atoms with van der Waals surface area (Å²) >= 11 is 0. The first-order valence-corrected chi connectivity index (χ1v) is 13.2. The molecule has 0 bridgehead atoms. The second kappa shape index (κ2) is 20.4. The van der Waals surface area contributed by atoms with Crippen LogP contribution in [0.5, 0.6) is 0 Å². The molecule has 0 aliphatic carbocycles. The van der Waals surface area contributed by atoms with Gasteiger partial charge in [-0.15, -0.1) is 0 Å². The van der Waals surface area contributed by atoms with Gasteiger partial charge in [-0.2, -0.15) is 0 Å². The lowest BCUT2D eigenvalue weighted by Crippen LogP contribution is -2.40. The van der Waals surface area contributed by atoms with Gasteiger partial charge in [-0.3, -0.25) is 9.80 Å². The SMILES string of the molecule is CCCCOC(CCCCCCCCC(N(C)C)N(C)C)(OCCCC)OCCCC. The van der Waals surface area contributed by atoms with Crippen LogP contribution in [0.1, 0.15) is 111 Å². The Morgan fingerprint density at radius 3 is 1.32 bits per heavy atom. The molecule has 31 heavy (non-hydrogen) atoms. The van der Waals surface area contributed by atoms with Crippen LogP contribution in [0.3, 0.4) is 0 Å². The monoisotopic (exact) mass is 444 g/mol. The van der Waals surface area contributed by atoms with Crippen molar-refractivity contribution in [1.82, 2.24) is 9.80 Å². The molecule has 5 heteroatoms. The second-order valence-electron chi connectivity index (χ2n) is 9.36. The van der Waals surface area contributed by atoms with Gasteiger partial charge < -0.3 is 14.2 Å². The van der Waals surface area contributed by atoms with E-state index >= 15 is 0 Å². The van der Waals surface area contributed by atoms with Gasteiger partial charge in [0, 0.05) is 6.42 Å². The van der Waals surface area contributed by atoms with Gasteiger partial charge in [0.1, 0.15) is 0 Å². The Morgan fingerprint density at radius 2 is 0.935 bits per heavy atom. The average Bonchev–Trinajstić information content (AvgIpc) is 2.72. The fourth-order valence-corrected chi connectivity index (χ4v) is 3.81. The molecule has 5 nitrogen and oxygen atoms in total. The molecule has 0 aromatic heterocycles. The predicted octanol–water partition coefficient (Wildman–Crippen LogP) is 6.66. The molecular formula is C26H56N2O3. The van der Waals surface area contributed by atoms with Gasteiger partial charge in [-0.05, 0) is 60.3 Å². The van der Waals surface area contributed by atoms with Crippen molar-refractivity contribution in [2.75, 3.05) is 48.0 Å². The highest BCUT2D eigenvalue weighted by molar-refractivity contribution is 4.64. The largest absolute Gasteiger partial charge is 0.327 e. The van der Waals surface area contributed by atoms with E-state index in [9.17, 15) is 0 Å². The van der Waals surface area contributed by atoms with Gasteiger partial charge in [0.05, 0.1) is 26.0 Å². The molecule has 188 valence electrons.